The van der Waals surface area contributed by atoms with Crippen LogP contribution in [0.5, 0.6) is 5.75 Å². The number of cyclic esters (lactones) is 1. The lowest BCUT2D eigenvalue weighted by Crippen LogP contribution is -2.30. The van der Waals surface area contributed by atoms with Crippen molar-refractivity contribution in [3.05, 3.63) is 57.6 Å². The van der Waals surface area contributed by atoms with Crippen LogP contribution in [0, 0.1) is 5.82 Å². The van der Waals surface area contributed by atoms with Crippen LogP contribution in [0.1, 0.15) is 17.5 Å². The third kappa shape index (κ3) is 3.77. The maximum atomic E-state index is 14.0. The molecule has 5 heterocycles. The number of ether oxygens (including phenoxy) is 2. The quantitative estimate of drug-likeness (QED) is 0.519. The number of hydrogen-bond acceptors (Lipinski definition) is 7. The summed E-state index contributed by atoms with van der Waals surface area (Å²) in [5.41, 5.74) is 1.81. The summed E-state index contributed by atoms with van der Waals surface area (Å²) in [6.45, 7) is 1.62. The van der Waals surface area contributed by atoms with Gasteiger partial charge in [-0.25, -0.2) is 14.2 Å². The Kier molecular flexibility index (Phi) is 5.14. The molecule has 0 radical (unpaired) electrons. The summed E-state index contributed by atoms with van der Waals surface area (Å²) < 4.78 is 26.5. The number of carbonyl (C=O) groups excluding carboxylic acids is 2. The number of halogens is 1. The first kappa shape index (κ1) is 21.5. The van der Waals surface area contributed by atoms with E-state index in [0.29, 0.717) is 67.2 Å². The smallest absolute Gasteiger partial charge is 0.415 e. The van der Waals surface area contributed by atoms with Gasteiger partial charge < -0.3 is 24.7 Å². The third-order valence-electron chi connectivity index (χ3n) is 6.53. The molecule has 180 valence electrons. The number of rotatable bonds is 6. The molecular formula is C24H22FN5O5. The predicted octanol–water partition coefficient (Wildman–Crippen LogP) is 1.93. The number of aromatic nitrogens is 2. The molecule has 2 amide bonds. The standard InChI is InChI=1S/C24H22FN5O5/c25-17-2-1-13-9-14(23(32)29-8-6-16(17)21(13)29)10-26-7-5-15-11-30(24(33)35-15)19-4-3-18-22(27-19)28-20(31)12-34-18/h1-4,9,15,26H,5-8,10-12H2,(H,27,28,31). The number of nitrogens with one attached hydrogen (secondary N) is 2. The van der Waals surface area contributed by atoms with Gasteiger partial charge in [0.25, 0.3) is 11.5 Å². The highest BCUT2D eigenvalue weighted by molar-refractivity contribution is 5.95. The largest absolute Gasteiger partial charge is 0.480 e. The summed E-state index contributed by atoms with van der Waals surface area (Å²) in [4.78, 5) is 42.5. The van der Waals surface area contributed by atoms with E-state index >= 15 is 0 Å². The second-order valence-electron chi connectivity index (χ2n) is 8.78. The van der Waals surface area contributed by atoms with Crippen LogP contribution in [0.25, 0.3) is 10.9 Å². The van der Waals surface area contributed by atoms with E-state index in [2.05, 4.69) is 15.6 Å². The number of aryl methyl sites for hydroxylation is 2. The van der Waals surface area contributed by atoms with Crippen molar-refractivity contribution in [1.29, 1.82) is 0 Å². The minimum Gasteiger partial charge on any atom is -0.480 e. The molecule has 1 unspecified atom stereocenters. The Hall–Kier alpha value is -3.99. The molecule has 11 heteroatoms. The fourth-order valence-corrected chi connectivity index (χ4v) is 4.84. The Morgan fingerprint density at radius 3 is 2.97 bits per heavy atom. The highest BCUT2D eigenvalue weighted by Crippen LogP contribution is 2.30. The minimum atomic E-state index is -0.510. The Labute approximate surface area is 198 Å². The van der Waals surface area contributed by atoms with E-state index in [4.69, 9.17) is 9.47 Å². The molecule has 2 aromatic heterocycles. The molecule has 1 saturated heterocycles. The van der Waals surface area contributed by atoms with Gasteiger partial charge in [-0.3, -0.25) is 14.5 Å². The number of pyridine rings is 2. The first-order chi connectivity index (χ1) is 17.0. The van der Waals surface area contributed by atoms with E-state index in [0.717, 1.165) is 5.39 Å². The molecule has 0 saturated carbocycles. The summed E-state index contributed by atoms with van der Waals surface area (Å²) in [6.07, 6.45) is 0.213. The highest BCUT2D eigenvalue weighted by atomic mass is 19.1. The van der Waals surface area contributed by atoms with Gasteiger partial charge in [-0.1, -0.05) is 0 Å². The van der Waals surface area contributed by atoms with E-state index in [1.54, 1.807) is 22.8 Å². The van der Waals surface area contributed by atoms with Crippen molar-refractivity contribution < 1.29 is 23.5 Å². The molecule has 6 rings (SSSR count). The van der Waals surface area contributed by atoms with E-state index in [1.807, 2.05) is 6.07 Å². The maximum absolute atomic E-state index is 14.0. The SMILES string of the molecule is O=C1COc2ccc(N3CC(CCNCc4cc5ccc(F)c6c5n(c4=O)CC6)OC3=O)nc2N1. The van der Waals surface area contributed by atoms with Crippen molar-refractivity contribution >= 4 is 34.5 Å². The molecule has 0 spiro atoms. The number of nitrogens with zero attached hydrogens (tertiary/aromatic N) is 3. The second-order valence-corrected chi connectivity index (χ2v) is 8.78. The van der Waals surface area contributed by atoms with Crippen LogP contribution in [-0.2, 0) is 29.0 Å². The van der Waals surface area contributed by atoms with Crippen LogP contribution >= 0.6 is 0 Å². The molecule has 3 aliphatic heterocycles. The van der Waals surface area contributed by atoms with Crippen LogP contribution in [0.4, 0.5) is 20.8 Å². The molecule has 3 aromatic rings. The van der Waals surface area contributed by atoms with Gasteiger partial charge in [-0.2, -0.15) is 0 Å². The zero-order valence-corrected chi connectivity index (χ0v) is 18.7. The molecule has 1 atom stereocenters. The highest BCUT2D eigenvalue weighted by Gasteiger charge is 2.33. The summed E-state index contributed by atoms with van der Waals surface area (Å²) >= 11 is 0. The maximum Gasteiger partial charge on any atom is 0.415 e. The Morgan fingerprint density at radius 1 is 1.20 bits per heavy atom. The minimum absolute atomic E-state index is 0.0680. The zero-order valence-electron chi connectivity index (χ0n) is 18.7. The number of hydrogen-bond donors (Lipinski definition) is 2. The van der Waals surface area contributed by atoms with Crippen LogP contribution in [0.15, 0.2) is 35.1 Å². The number of anilines is 2. The fourth-order valence-electron chi connectivity index (χ4n) is 4.84. The normalized spacial score (nSPS) is 18.4. The van der Waals surface area contributed by atoms with Crippen molar-refractivity contribution in [3.8, 4) is 5.75 Å². The molecule has 0 aliphatic carbocycles. The average molecular weight is 479 g/mol. The Balaban J connectivity index is 1.07. The first-order valence-corrected chi connectivity index (χ1v) is 11.4. The number of carbonyl (C=O) groups is 2. The first-order valence-electron chi connectivity index (χ1n) is 11.4. The van der Waals surface area contributed by atoms with E-state index in [-0.39, 0.29) is 35.8 Å². The summed E-state index contributed by atoms with van der Waals surface area (Å²) in [6, 6.07) is 8.28. The van der Waals surface area contributed by atoms with Gasteiger partial charge in [-0.05, 0) is 55.1 Å². The average Bonchev–Trinajstić information content (AvgIpc) is 3.46. The molecule has 35 heavy (non-hydrogen) atoms. The van der Waals surface area contributed by atoms with Gasteiger partial charge in [0.05, 0.1) is 12.1 Å². The van der Waals surface area contributed by atoms with Crippen LogP contribution in [0.2, 0.25) is 0 Å². The number of fused-ring (bicyclic) bond motifs is 1. The molecule has 10 nitrogen and oxygen atoms in total. The van der Waals surface area contributed by atoms with Gasteiger partial charge in [0.1, 0.15) is 17.7 Å². The molecule has 0 bridgehead atoms. The Morgan fingerprint density at radius 2 is 2.09 bits per heavy atom. The lowest BCUT2D eigenvalue weighted by atomic mass is 10.1. The predicted molar refractivity (Wildman–Crippen MR) is 124 cm³/mol. The van der Waals surface area contributed by atoms with Crippen molar-refractivity contribution in [3.63, 3.8) is 0 Å². The fraction of sp³-hybridized carbons (Fsp3) is 0.333. The summed E-state index contributed by atoms with van der Waals surface area (Å²) in [5, 5.41) is 6.74. The van der Waals surface area contributed by atoms with Gasteiger partial charge in [0.2, 0.25) is 0 Å². The molecule has 2 N–H and O–H groups in total. The van der Waals surface area contributed by atoms with Crippen molar-refractivity contribution in [2.75, 3.05) is 29.9 Å². The third-order valence-corrected chi connectivity index (χ3v) is 6.53. The zero-order chi connectivity index (χ0) is 24.1. The topological polar surface area (TPSA) is 115 Å². The van der Waals surface area contributed by atoms with Crippen LogP contribution in [0.3, 0.4) is 0 Å². The van der Waals surface area contributed by atoms with Gasteiger partial charge in [0, 0.05) is 24.2 Å². The van der Waals surface area contributed by atoms with Crippen LogP contribution in [-0.4, -0.2) is 47.4 Å². The lowest BCUT2D eigenvalue weighted by Gasteiger charge is -2.19. The van der Waals surface area contributed by atoms with E-state index in [1.165, 1.54) is 11.0 Å². The van der Waals surface area contributed by atoms with Gasteiger partial charge in [0.15, 0.2) is 18.2 Å². The monoisotopic (exact) mass is 479 g/mol. The summed E-state index contributed by atoms with van der Waals surface area (Å²) in [7, 11) is 0. The van der Waals surface area contributed by atoms with Gasteiger partial charge >= 0.3 is 6.09 Å². The van der Waals surface area contributed by atoms with Crippen molar-refractivity contribution in [1.82, 2.24) is 14.9 Å². The second kappa shape index (κ2) is 8.35. The van der Waals surface area contributed by atoms with E-state index < -0.39 is 6.09 Å². The van der Waals surface area contributed by atoms with Crippen molar-refractivity contribution in [2.24, 2.45) is 0 Å². The molecule has 3 aliphatic rings. The number of benzene rings is 1. The molecule has 1 fully saturated rings. The van der Waals surface area contributed by atoms with E-state index in [9.17, 15) is 18.8 Å². The number of amides is 2. The van der Waals surface area contributed by atoms with Gasteiger partial charge in [-0.15, -0.1) is 0 Å². The Bertz CT molecular complexity index is 1440. The van der Waals surface area contributed by atoms with Crippen LogP contribution < -0.4 is 25.8 Å². The lowest BCUT2D eigenvalue weighted by molar-refractivity contribution is -0.118. The van der Waals surface area contributed by atoms with Crippen molar-refractivity contribution in [2.45, 2.75) is 32.0 Å². The molecular weight excluding hydrogens is 457 g/mol. The summed E-state index contributed by atoms with van der Waals surface area (Å²) in [5.74, 6) is 0.524. The molecule has 1 aromatic carbocycles.